The molecule has 0 fully saturated rings. The molecule has 0 aromatic heterocycles. The average Bonchev–Trinajstić information content (AvgIpc) is 2.34. The molecule has 0 heterocycles. The first-order valence-electron chi connectivity index (χ1n) is 5.02. The standard InChI is InChI=1S/C13H8Cl3N/c14-9(7-17)6-8-2-1-3-10-11(15)4-5-12(16)13(8)10/h1-5,9H,6H2. The van der Waals surface area contributed by atoms with Crippen LogP contribution in [0.5, 0.6) is 0 Å². The van der Waals surface area contributed by atoms with E-state index in [0.29, 0.717) is 16.5 Å². The molecule has 0 radical (unpaired) electrons. The third-order valence-electron chi connectivity index (χ3n) is 2.56. The molecule has 2 rings (SSSR count). The third kappa shape index (κ3) is 2.50. The zero-order valence-electron chi connectivity index (χ0n) is 8.75. The van der Waals surface area contributed by atoms with Gasteiger partial charge in [0.05, 0.1) is 6.07 Å². The Morgan fingerprint density at radius 2 is 1.82 bits per heavy atom. The Morgan fingerprint density at radius 3 is 2.53 bits per heavy atom. The fourth-order valence-corrected chi connectivity index (χ4v) is 2.48. The molecule has 0 aliphatic heterocycles. The van der Waals surface area contributed by atoms with Crippen LogP contribution in [0.4, 0.5) is 0 Å². The molecular formula is C13H8Cl3N. The van der Waals surface area contributed by atoms with Crippen LogP contribution in [-0.2, 0) is 6.42 Å². The Morgan fingerprint density at radius 1 is 1.12 bits per heavy atom. The summed E-state index contributed by atoms with van der Waals surface area (Å²) in [7, 11) is 0. The van der Waals surface area contributed by atoms with Gasteiger partial charge in [-0.3, -0.25) is 0 Å². The van der Waals surface area contributed by atoms with Crippen LogP contribution in [0, 0.1) is 11.3 Å². The quantitative estimate of drug-likeness (QED) is 0.725. The highest BCUT2D eigenvalue weighted by atomic mass is 35.5. The molecule has 0 amide bonds. The maximum absolute atomic E-state index is 8.75. The predicted octanol–water partition coefficient (Wildman–Crippen LogP) is 4.82. The zero-order valence-corrected chi connectivity index (χ0v) is 11.0. The molecule has 4 heteroatoms. The zero-order chi connectivity index (χ0) is 12.4. The van der Waals surface area contributed by atoms with Gasteiger partial charge in [-0.05, 0) is 17.7 Å². The summed E-state index contributed by atoms with van der Waals surface area (Å²) in [4.78, 5) is 0. The van der Waals surface area contributed by atoms with Gasteiger partial charge in [0.15, 0.2) is 0 Å². The van der Waals surface area contributed by atoms with Gasteiger partial charge < -0.3 is 0 Å². The van der Waals surface area contributed by atoms with Gasteiger partial charge in [0.2, 0.25) is 0 Å². The summed E-state index contributed by atoms with van der Waals surface area (Å²) in [5, 5.41) is 11.2. The van der Waals surface area contributed by atoms with Crippen molar-refractivity contribution in [1.29, 1.82) is 5.26 Å². The van der Waals surface area contributed by atoms with Crippen LogP contribution in [0.3, 0.4) is 0 Å². The normalized spacial score (nSPS) is 12.4. The van der Waals surface area contributed by atoms with Crippen LogP contribution >= 0.6 is 34.8 Å². The van der Waals surface area contributed by atoms with Crippen molar-refractivity contribution < 1.29 is 0 Å². The van der Waals surface area contributed by atoms with Crippen molar-refractivity contribution in [3.8, 4) is 6.07 Å². The second kappa shape index (κ2) is 5.14. The lowest BCUT2D eigenvalue weighted by molar-refractivity contribution is 1.03. The van der Waals surface area contributed by atoms with Crippen LogP contribution in [0.1, 0.15) is 5.56 Å². The summed E-state index contributed by atoms with van der Waals surface area (Å²) in [5.74, 6) is 0. The minimum atomic E-state index is -0.560. The topological polar surface area (TPSA) is 23.8 Å². The van der Waals surface area contributed by atoms with Crippen LogP contribution < -0.4 is 0 Å². The molecule has 1 unspecified atom stereocenters. The first-order valence-corrected chi connectivity index (χ1v) is 6.22. The van der Waals surface area contributed by atoms with Crippen LogP contribution in [0.2, 0.25) is 10.0 Å². The Hall–Kier alpha value is -0.940. The van der Waals surface area contributed by atoms with Crippen molar-refractivity contribution in [2.75, 3.05) is 0 Å². The lowest BCUT2D eigenvalue weighted by Crippen LogP contribution is -2.00. The molecule has 0 N–H and O–H groups in total. The van der Waals surface area contributed by atoms with Crippen molar-refractivity contribution in [2.24, 2.45) is 0 Å². The Bertz CT molecular complexity index is 601. The molecule has 0 aliphatic carbocycles. The number of fused-ring (bicyclic) bond motifs is 1. The van der Waals surface area contributed by atoms with Gasteiger partial charge in [0, 0.05) is 27.2 Å². The van der Waals surface area contributed by atoms with E-state index in [0.717, 1.165) is 16.3 Å². The van der Waals surface area contributed by atoms with Gasteiger partial charge in [-0.15, -0.1) is 11.6 Å². The van der Waals surface area contributed by atoms with Crippen molar-refractivity contribution in [2.45, 2.75) is 11.8 Å². The minimum Gasteiger partial charge on any atom is -0.197 e. The number of rotatable bonds is 2. The van der Waals surface area contributed by atoms with Crippen molar-refractivity contribution in [3.63, 3.8) is 0 Å². The molecule has 0 spiro atoms. The molecule has 0 aliphatic rings. The highest BCUT2D eigenvalue weighted by Crippen LogP contribution is 2.33. The molecule has 0 saturated heterocycles. The van der Waals surface area contributed by atoms with E-state index in [1.165, 1.54) is 0 Å². The Kier molecular flexibility index (Phi) is 3.79. The number of hydrogen-bond acceptors (Lipinski definition) is 1. The molecule has 0 bridgehead atoms. The number of nitrogens with zero attached hydrogens (tertiary/aromatic N) is 1. The average molecular weight is 285 g/mol. The molecule has 2 aromatic rings. The van der Waals surface area contributed by atoms with Crippen molar-refractivity contribution >= 4 is 45.6 Å². The first kappa shape index (κ1) is 12.5. The van der Waals surface area contributed by atoms with E-state index >= 15 is 0 Å². The van der Waals surface area contributed by atoms with E-state index in [9.17, 15) is 0 Å². The lowest BCUT2D eigenvalue weighted by atomic mass is 10.0. The van der Waals surface area contributed by atoms with Gasteiger partial charge in [0.25, 0.3) is 0 Å². The number of nitriles is 1. The number of alkyl halides is 1. The SMILES string of the molecule is N#CC(Cl)Cc1cccc2c(Cl)ccc(Cl)c12. The first-order chi connectivity index (χ1) is 8.13. The minimum absolute atomic E-state index is 0.454. The second-order valence-corrected chi connectivity index (χ2v) is 5.01. The maximum Gasteiger partial charge on any atom is 0.124 e. The number of benzene rings is 2. The molecule has 1 atom stereocenters. The van der Waals surface area contributed by atoms with Gasteiger partial charge in [-0.1, -0.05) is 41.4 Å². The van der Waals surface area contributed by atoms with Crippen LogP contribution in [0.15, 0.2) is 30.3 Å². The van der Waals surface area contributed by atoms with Crippen LogP contribution in [-0.4, -0.2) is 5.38 Å². The van der Waals surface area contributed by atoms with E-state index in [1.54, 1.807) is 12.1 Å². The van der Waals surface area contributed by atoms with Crippen LogP contribution in [0.25, 0.3) is 10.8 Å². The van der Waals surface area contributed by atoms with E-state index < -0.39 is 5.38 Å². The highest BCUT2D eigenvalue weighted by molar-refractivity contribution is 6.40. The van der Waals surface area contributed by atoms with E-state index in [4.69, 9.17) is 40.1 Å². The summed E-state index contributed by atoms with van der Waals surface area (Å²) in [5.41, 5.74) is 0.941. The lowest BCUT2D eigenvalue weighted by Gasteiger charge is -2.09. The van der Waals surface area contributed by atoms with E-state index in [1.807, 2.05) is 24.3 Å². The monoisotopic (exact) mass is 283 g/mol. The van der Waals surface area contributed by atoms with Gasteiger partial charge >= 0.3 is 0 Å². The molecule has 0 saturated carbocycles. The maximum atomic E-state index is 8.75. The molecule has 1 nitrogen and oxygen atoms in total. The largest absolute Gasteiger partial charge is 0.197 e. The van der Waals surface area contributed by atoms with Crippen molar-refractivity contribution in [3.05, 3.63) is 45.9 Å². The number of hydrogen-bond donors (Lipinski definition) is 0. The van der Waals surface area contributed by atoms with Gasteiger partial charge in [0.1, 0.15) is 5.38 Å². The second-order valence-electron chi connectivity index (χ2n) is 3.67. The Labute approximate surface area is 115 Å². The van der Waals surface area contributed by atoms with Crippen molar-refractivity contribution in [1.82, 2.24) is 0 Å². The van der Waals surface area contributed by atoms with E-state index in [2.05, 4.69) is 0 Å². The Balaban J connectivity index is 2.65. The van der Waals surface area contributed by atoms with Gasteiger partial charge in [-0.25, -0.2) is 0 Å². The smallest absolute Gasteiger partial charge is 0.124 e. The summed E-state index contributed by atoms with van der Waals surface area (Å²) in [6.45, 7) is 0. The summed E-state index contributed by atoms with van der Waals surface area (Å²) < 4.78 is 0. The fraction of sp³-hybridized carbons (Fsp3) is 0.154. The van der Waals surface area contributed by atoms with E-state index in [-0.39, 0.29) is 0 Å². The summed E-state index contributed by atoms with van der Waals surface area (Å²) in [6.07, 6.45) is 0.454. The molecule has 2 aromatic carbocycles. The number of halogens is 3. The predicted molar refractivity (Wildman–Crippen MR) is 72.9 cm³/mol. The third-order valence-corrected chi connectivity index (χ3v) is 3.46. The summed E-state index contributed by atoms with van der Waals surface area (Å²) in [6, 6.07) is 11.2. The summed E-state index contributed by atoms with van der Waals surface area (Å²) >= 11 is 18.1. The fourth-order valence-electron chi connectivity index (χ4n) is 1.81. The van der Waals surface area contributed by atoms with Gasteiger partial charge in [-0.2, -0.15) is 5.26 Å². The highest BCUT2D eigenvalue weighted by Gasteiger charge is 2.11. The molecule has 17 heavy (non-hydrogen) atoms. The molecular weight excluding hydrogens is 277 g/mol. The molecule has 86 valence electrons.